The first-order valence-corrected chi connectivity index (χ1v) is 5.14. The number of aliphatic hydroxyl groups is 1. The van der Waals surface area contributed by atoms with Crippen LogP contribution in [0, 0.1) is 0 Å². The smallest absolute Gasteiger partial charge is 0.261 e. The predicted molar refractivity (Wildman–Crippen MR) is 55.2 cm³/mol. The minimum atomic E-state index is -2.43. The van der Waals surface area contributed by atoms with Gasteiger partial charge in [-0.3, -0.25) is 0 Å². The van der Waals surface area contributed by atoms with Gasteiger partial charge in [-0.2, -0.15) is 0 Å². The Balaban J connectivity index is 3.77. The van der Waals surface area contributed by atoms with E-state index in [9.17, 15) is 13.9 Å². The Morgan fingerprint density at radius 1 is 1.40 bits per heavy atom. The largest absolute Gasteiger partial charge is 0.394 e. The summed E-state index contributed by atoms with van der Waals surface area (Å²) in [5, 5.41) is 12.4. The van der Waals surface area contributed by atoms with Gasteiger partial charge in [0.1, 0.15) is 6.61 Å². The summed E-state index contributed by atoms with van der Waals surface area (Å²) in [5.74, 6) is 0. The number of hydrogen-bond acceptors (Lipinski definition) is 3. The van der Waals surface area contributed by atoms with Crippen molar-refractivity contribution in [1.82, 2.24) is 5.32 Å². The molecule has 0 fully saturated rings. The molecule has 0 aromatic carbocycles. The standard InChI is InChI=1S/C10H21F2NO2/c1-8(2)13-10(3,7-14)4-5-15-6-9(11)12/h8-9,13-14H,4-7H2,1-3H3. The van der Waals surface area contributed by atoms with E-state index in [4.69, 9.17) is 4.74 Å². The van der Waals surface area contributed by atoms with E-state index in [1.165, 1.54) is 0 Å². The van der Waals surface area contributed by atoms with Crippen LogP contribution in [-0.2, 0) is 4.74 Å². The van der Waals surface area contributed by atoms with Gasteiger partial charge in [0.25, 0.3) is 6.43 Å². The lowest BCUT2D eigenvalue weighted by Crippen LogP contribution is -2.49. The third kappa shape index (κ3) is 7.64. The van der Waals surface area contributed by atoms with Crippen molar-refractivity contribution in [3.05, 3.63) is 0 Å². The highest BCUT2D eigenvalue weighted by Crippen LogP contribution is 2.10. The first-order valence-electron chi connectivity index (χ1n) is 5.14. The summed E-state index contributed by atoms with van der Waals surface area (Å²) in [4.78, 5) is 0. The van der Waals surface area contributed by atoms with Crippen LogP contribution in [0.1, 0.15) is 27.2 Å². The van der Waals surface area contributed by atoms with Crippen molar-refractivity contribution in [2.75, 3.05) is 19.8 Å². The van der Waals surface area contributed by atoms with Crippen LogP contribution in [0.2, 0.25) is 0 Å². The highest BCUT2D eigenvalue weighted by molar-refractivity contribution is 4.83. The first-order chi connectivity index (χ1) is 6.89. The van der Waals surface area contributed by atoms with Crippen LogP contribution in [0.25, 0.3) is 0 Å². The fourth-order valence-electron chi connectivity index (χ4n) is 1.36. The van der Waals surface area contributed by atoms with Crippen LogP contribution in [0.5, 0.6) is 0 Å². The quantitative estimate of drug-likeness (QED) is 0.614. The number of ether oxygens (including phenoxy) is 1. The zero-order valence-electron chi connectivity index (χ0n) is 9.59. The average Bonchev–Trinajstić information content (AvgIpc) is 2.11. The second-order valence-electron chi connectivity index (χ2n) is 4.23. The molecule has 0 aliphatic carbocycles. The molecular formula is C10H21F2NO2. The Morgan fingerprint density at radius 2 is 2.00 bits per heavy atom. The zero-order chi connectivity index (χ0) is 11.9. The van der Waals surface area contributed by atoms with E-state index < -0.39 is 18.6 Å². The number of rotatable bonds is 8. The summed E-state index contributed by atoms with van der Waals surface area (Å²) >= 11 is 0. The molecule has 0 bridgehead atoms. The van der Waals surface area contributed by atoms with Gasteiger partial charge in [0.05, 0.1) is 6.61 Å². The molecular weight excluding hydrogens is 204 g/mol. The monoisotopic (exact) mass is 225 g/mol. The molecule has 0 aromatic rings. The average molecular weight is 225 g/mol. The predicted octanol–water partition coefficient (Wildman–Crippen LogP) is 1.41. The summed E-state index contributed by atoms with van der Waals surface area (Å²) in [7, 11) is 0. The molecule has 0 saturated heterocycles. The van der Waals surface area contributed by atoms with Gasteiger partial charge in [-0.25, -0.2) is 8.78 Å². The maximum atomic E-state index is 11.8. The Kier molecular flexibility index (Phi) is 6.96. The molecule has 0 spiro atoms. The summed E-state index contributed by atoms with van der Waals surface area (Å²) in [6, 6.07) is 0.234. The Labute approximate surface area is 89.8 Å². The molecule has 3 nitrogen and oxygen atoms in total. The van der Waals surface area contributed by atoms with E-state index in [1.54, 1.807) is 0 Å². The van der Waals surface area contributed by atoms with Crippen molar-refractivity contribution < 1.29 is 18.6 Å². The fraction of sp³-hybridized carbons (Fsp3) is 1.00. The minimum Gasteiger partial charge on any atom is -0.394 e. The number of alkyl halides is 2. The van der Waals surface area contributed by atoms with Gasteiger partial charge in [-0.1, -0.05) is 13.8 Å². The van der Waals surface area contributed by atoms with E-state index in [1.807, 2.05) is 20.8 Å². The second-order valence-corrected chi connectivity index (χ2v) is 4.23. The van der Waals surface area contributed by atoms with E-state index in [0.29, 0.717) is 6.42 Å². The summed E-state index contributed by atoms with van der Waals surface area (Å²) in [6.07, 6.45) is -1.92. The highest BCUT2D eigenvalue weighted by Gasteiger charge is 2.23. The van der Waals surface area contributed by atoms with Gasteiger partial charge in [0, 0.05) is 18.2 Å². The van der Waals surface area contributed by atoms with Gasteiger partial charge in [-0.15, -0.1) is 0 Å². The van der Waals surface area contributed by atoms with Crippen molar-refractivity contribution in [3.8, 4) is 0 Å². The third-order valence-corrected chi connectivity index (χ3v) is 2.03. The Morgan fingerprint density at radius 3 is 2.40 bits per heavy atom. The van der Waals surface area contributed by atoms with Gasteiger partial charge in [0.2, 0.25) is 0 Å². The molecule has 0 heterocycles. The van der Waals surface area contributed by atoms with Crippen molar-refractivity contribution in [2.24, 2.45) is 0 Å². The molecule has 0 radical (unpaired) electrons. The number of nitrogens with one attached hydrogen (secondary N) is 1. The van der Waals surface area contributed by atoms with E-state index >= 15 is 0 Å². The van der Waals surface area contributed by atoms with Crippen molar-refractivity contribution in [2.45, 2.75) is 45.2 Å². The molecule has 0 saturated carbocycles. The SMILES string of the molecule is CC(C)NC(C)(CO)CCOCC(F)F. The highest BCUT2D eigenvalue weighted by atomic mass is 19.3. The minimum absolute atomic E-state index is 0.0385. The van der Waals surface area contributed by atoms with Crippen LogP contribution in [0.15, 0.2) is 0 Å². The van der Waals surface area contributed by atoms with Crippen LogP contribution in [-0.4, -0.2) is 42.9 Å². The number of aliphatic hydroxyl groups excluding tert-OH is 1. The van der Waals surface area contributed by atoms with E-state index in [-0.39, 0.29) is 19.3 Å². The molecule has 5 heteroatoms. The van der Waals surface area contributed by atoms with Gasteiger partial charge in [-0.05, 0) is 13.3 Å². The van der Waals surface area contributed by atoms with E-state index in [0.717, 1.165) is 0 Å². The van der Waals surface area contributed by atoms with Crippen LogP contribution in [0.4, 0.5) is 8.78 Å². The fourth-order valence-corrected chi connectivity index (χ4v) is 1.36. The summed E-state index contributed by atoms with van der Waals surface area (Å²) in [5.41, 5.74) is -0.462. The van der Waals surface area contributed by atoms with Crippen LogP contribution < -0.4 is 5.32 Å². The van der Waals surface area contributed by atoms with Crippen LogP contribution >= 0.6 is 0 Å². The lowest BCUT2D eigenvalue weighted by Gasteiger charge is -2.31. The maximum absolute atomic E-state index is 11.8. The molecule has 0 amide bonds. The second kappa shape index (κ2) is 7.09. The Bertz CT molecular complexity index is 168. The molecule has 0 aliphatic heterocycles. The first kappa shape index (κ1) is 14.7. The topological polar surface area (TPSA) is 41.5 Å². The number of hydrogen-bond donors (Lipinski definition) is 2. The molecule has 0 aliphatic rings. The number of halogens is 2. The molecule has 1 unspecified atom stereocenters. The maximum Gasteiger partial charge on any atom is 0.261 e. The van der Waals surface area contributed by atoms with Crippen LogP contribution in [0.3, 0.4) is 0 Å². The Hall–Kier alpha value is -0.260. The summed E-state index contributed by atoms with van der Waals surface area (Å²) < 4.78 is 28.3. The lowest BCUT2D eigenvalue weighted by atomic mass is 9.98. The van der Waals surface area contributed by atoms with Crippen molar-refractivity contribution in [3.63, 3.8) is 0 Å². The molecule has 1 atom stereocenters. The lowest BCUT2D eigenvalue weighted by molar-refractivity contribution is 0.00583. The summed E-state index contributed by atoms with van der Waals surface area (Å²) in [6.45, 7) is 5.42. The normalized spacial score (nSPS) is 16.0. The molecule has 2 N–H and O–H groups in total. The molecule has 15 heavy (non-hydrogen) atoms. The zero-order valence-corrected chi connectivity index (χ0v) is 9.59. The molecule has 0 aromatic heterocycles. The van der Waals surface area contributed by atoms with Crippen molar-refractivity contribution in [1.29, 1.82) is 0 Å². The molecule has 0 rings (SSSR count). The molecule has 92 valence electrons. The van der Waals surface area contributed by atoms with Gasteiger partial charge in [0.15, 0.2) is 0 Å². The van der Waals surface area contributed by atoms with Gasteiger partial charge >= 0.3 is 0 Å². The van der Waals surface area contributed by atoms with E-state index in [2.05, 4.69) is 5.32 Å². The van der Waals surface area contributed by atoms with Crippen molar-refractivity contribution >= 4 is 0 Å². The van der Waals surface area contributed by atoms with Gasteiger partial charge < -0.3 is 15.2 Å². The third-order valence-electron chi connectivity index (χ3n) is 2.03.